The van der Waals surface area contributed by atoms with Crippen molar-refractivity contribution >= 4 is 49.7 Å². The summed E-state index contributed by atoms with van der Waals surface area (Å²) in [4.78, 5) is 37.0. The van der Waals surface area contributed by atoms with Crippen LogP contribution in [0.25, 0.3) is 37.2 Å². The first-order valence-corrected chi connectivity index (χ1v) is 12.3. The van der Waals surface area contributed by atoms with E-state index in [1.165, 1.54) is 11.3 Å². The molecule has 12 heteroatoms. The van der Waals surface area contributed by atoms with Gasteiger partial charge in [0.25, 0.3) is 5.56 Å². The molecule has 1 atom stereocenters. The Balaban J connectivity index is 1.30. The van der Waals surface area contributed by atoms with Gasteiger partial charge < -0.3 is 15.0 Å². The Hall–Kier alpha value is -3.61. The van der Waals surface area contributed by atoms with Gasteiger partial charge in [0, 0.05) is 37.6 Å². The number of aromatic nitrogens is 6. The Labute approximate surface area is 203 Å². The lowest BCUT2D eigenvalue weighted by Gasteiger charge is -2.34. The smallest absolute Gasteiger partial charge is 0.261 e. The Bertz CT molecular complexity index is 1630. The van der Waals surface area contributed by atoms with E-state index in [0.29, 0.717) is 40.8 Å². The number of hydrogen-bond donors (Lipinski definition) is 2. The summed E-state index contributed by atoms with van der Waals surface area (Å²) in [5.41, 5.74) is 2.89. The lowest BCUT2D eigenvalue weighted by atomic mass is 10.2. The van der Waals surface area contributed by atoms with Crippen LogP contribution in [0.4, 0.5) is 5.69 Å². The van der Waals surface area contributed by atoms with Gasteiger partial charge in [-0.25, -0.2) is 4.52 Å². The van der Waals surface area contributed by atoms with Crippen LogP contribution in [0.5, 0.6) is 0 Å². The molecular formula is C23H24N8O3S. The molecule has 0 saturated carbocycles. The van der Waals surface area contributed by atoms with Gasteiger partial charge in [-0.3, -0.25) is 24.2 Å². The Morgan fingerprint density at radius 1 is 1.31 bits per heavy atom. The van der Waals surface area contributed by atoms with Crippen molar-refractivity contribution in [3.05, 3.63) is 41.2 Å². The molecule has 1 aliphatic heterocycles. The van der Waals surface area contributed by atoms with Gasteiger partial charge in [-0.1, -0.05) is 6.92 Å². The number of thiazole rings is 1. The van der Waals surface area contributed by atoms with Crippen LogP contribution >= 0.6 is 11.3 Å². The molecule has 0 aromatic carbocycles. The molecule has 2 N–H and O–H groups in total. The van der Waals surface area contributed by atoms with Crippen LogP contribution in [0.15, 0.2) is 35.6 Å². The first kappa shape index (κ1) is 21.9. The molecule has 180 valence electrons. The number of nitrogens with one attached hydrogen (secondary N) is 2. The van der Waals surface area contributed by atoms with Gasteiger partial charge in [-0.2, -0.15) is 10.2 Å². The molecule has 6 rings (SSSR count). The van der Waals surface area contributed by atoms with E-state index < -0.39 is 0 Å². The maximum atomic E-state index is 13.0. The third kappa shape index (κ3) is 3.89. The molecule has 5 aromatic rings. The first-order valence-electron chi connectivity index (χ1n) is 11.4. The van der Waals surface area contributed by atoms with Crippen LogP contribution in [-0.2, 0) is 16.6 Å². The van der Waals surface area contributed by atoms with Crippen molar-refractivity contribution in [2.45, 2.75) is 19.4 Å². The number of ether oxygens (including phenoxy) is 1. The molecule has 6 heterocycles. The summed E-state index contributed by atoms with van der Waals surface area (Å²) in [6.45, 7) is 4.38. The minimum atomic E-state index is -0.244. The van der Waals surface area contributed by atoms with E-state index >= 15 is 0 Å². The summed E-state index contributed by atoms with van der Waals surface area (Å²) < 4.78 is 8.97. The van der Waals surface area contributed by atoms with Crippen molar-refractivity contribution < 1.29 is 9.53 Å². The minimum Gasteiger partial charge on any atom is -0.378 e. The number of aryl methyl sites for hydroxylation is 1. The normalized spacial score (nSPS) is 17.0. The quantitative estimate of drug-likeness (QED) is 0.386. The average molecular weight is 493 g/mol. The highest BCUT2D eigenvalue weighted by molar-refractivity contribution is 7.21. The molecule has 5 aromatic heterocycles. The van der Waals surface area contributed by atoms with Gasteiger partial charge in [0.1, 0.15) is 21.3 Å². The standard InChI is InChI=1S/C23H24N8O3S/c1-3-15-12-34-5-4-30(15)11-18(32)26-14-6-16-20(24-8-14)21-19(22(33)27-16)23-31(28-21)10-17(35-23)13-7-25-29(2)9-13/h6-10,15H,3-5,11-12H2,1-2H3,(H,26,32)(H,27,33)/t15-/m1/s1. The van der Waals surface area contributed by atoms with Crippen LogP contribution in [-0.4, -0.2) is 72.5 Å². The van der Waals surface area contributed by atoms with Gasteiger partial charge >= 0.3 is 0 Å². The maximum absolute atomic E-state index is 13.0. The Kier molecular flexibility index (Phi) is 5.35. The Morgan fingerprint density at radius 2 is 2.20 bits per heavy atom. The molecule has 1 saturated heterocycles. The van der Waals surface area contributed by atoms with E-state index in [0.717, 1.165) is 28.2 Å². The SMILES string of the molecule is CC[C@@H]1COCCN1CC(=O)Nc1cnc2c(c1)[nH]c(=O)c1c2nn2cc(-c3cnn(C)c3)sc12. The molecule has 1 aliphatic rings. The molecule has 0 radical (unpaired) electrons. The van der Waals surface area contributed by atoms with E-state index in [1.54, 1.807) is 27.7 Å². The van der Waals surface area contributed by atoms with Crippen molar-refractivity contribution in [2.24, 2.45) is 7.05 Å². The van der Waals surface area contributed by atoms with Crippen molar-refractivity contribution in [3.8, 4) is 10.4 Å². The van der Waals surface area contributed by atoms with E-state index in [1.807, 2.05) is 19.4 Å². The van der Waals surface area contributed by atoms with Crippen molar-refractivity contribution in [3.63, 3.8) is 0 Å². The van der Waals surface area contributed by atoms with E-state index in [-0.39, 0.29) is 24.1 Å². The molecule has 0 bridgehead atoms. The molecule has 1 fully saturated rings. The highest BCUT2D eigenvalue weighted by atomic mass is 32.1. The summed E-state index contributed by atoms with van der Waals surface area (Å²) >= 11 is 1.48. The fraction of sp³-hybridized carbons (Fsp3) is 0.348. The number of hydrogen-bond acceptors (Lipinski definition) is 8. The lowest BCUT2D eigenvalue weighted by molar-refractivity contribution is -0.119. The van der Waals surface area contributed by atoms with E-state index in [9.17, 15) is 9.59 Å². The predicted molar refractivity (Wildman–Crippen MR) is 134 cm³/mol. The maximum Gasteiger partial charge on any atom is 0.261 e. The minimum absolute atomic E-state index is 0.125. The van der Waals surface area contributed by atoms with Gasteiger partial charge in [0.2, 0.25) is 5.91 Å². The zero-order valence-electron chi connectivity index (χ0n) is 19.3. The number of H-pyrrole nitrogens is 1. The molecule has 0 spiro atoms. The molecular weight excluding hydrogens is 468 g/mol. The number of anilines is 1. The Morgan fingerprint density at radius 3 is 3.00 bits per heavy atom. The van der Waals surface area contributed by atoms with E-state index in [4.69, 9.17) is 4.74 Å². The average Bonchev–Trinajstić information content (AvgIpc) is 3.53. The molecule has 35 heavy (non-hydrogen) atoms. The van der Waals surface area contributed by atoms with Gasteiger partial charge in [-0.15, -0.1) is 11.3 Å². The largest absolute Gasteiger partial charge is 0.378 e. The molecule has 11 nitrogen and oxygen atoms in total. The lowest BCUT2D eigenvalue weighted by Crippen LogP contribution is -2.48. The number of fused-ring (bicyclic) bond motifs is 5. The summed E-state index contributed by atoms with van der Waals surface area (Å²) in [5, 5.41) is 12.3. The number of morpholine rings is 1. The summed E-state index contributed by atoms with van der Waals surface area (Å²) in [5.74, 6) is -0.125. The summed E-state index contributed by atoms with van der Waals surface area (Å²) in [6, 6.07) is 1.97. The van der Waals surface area contributed by atoms with Crippen LogP contribution in [0, 0.1) is 0 Å². The number of pyridine rings is 2. The number of aromatic amines is 1. The van der Waals surface area contributed by atoms with Crippen molar-refractivity contribution in [1.29, 1.82) is 0 Å². The number of amides is 1. The summed E-state index contributed by atoms with van der Waals surface area (Å²) in [6.07, 6.45) is 8.13. The van der Waals surface area contributed by atoms with Crippen molar-refractivity contribution in [1.82, 2.24) is 34.3 Å². The van der Waals surface area contributed by atoms with Crippen LogP contribution < -0.4 is 10.9 Å². The monoisotopic (exact) mass is 492 g/mol. The third-order valence-corrected chi connectivity index (χ3v) is 7.49. The van der Waals surface area contributed by atoms with Gasteiger partial charge in [0.15, 0.2) is 0 Å². The van der Waals surface area contributed by atoms with Crippen molar-refractivity contribution in [2.75, 3.05) is 31.6 Å². The van der Waals surface area contributed by atoms with E-state index in [2.05, 4.69) is 37.3 Å². The third-order valence-electron chi connectivity index (χ3n) is 6.34. The fourth-order valence-corrected chi connectivity index (χ4v) is 5.62. The zero-order chi connectivity index (χ0) is 24.1. The number of carbonyl (C=O) groups excluding carboxylic acids is 1. The summed E-state index contributed by atoms with van der Waals surface area (Å²) in [7, 11) is 1.86. The number of nitrogens with zero attached hydrogens (tertiary/aromatic N) is 6. The molecule has 1 amide bonds. The molecule has 0 aliphatic carbocycles. The highest BCUT2D eigenvalue weighted by Gasteiger charge is 2.24. The highest BCUT2D eigenvalue weighted by Crippen LogP contribution is 2.33. The second kappa shape index (κ2) is 8.56. The second-order valence-corrected chi connectivity index (χ2v) is 9.73. The zero-order valence-corrected chi connectivity index (χ0v) is 20.1. The van der Waals surface area contributed by atoms with Gasteiger partial charge in [-0.05, 0) is 12.5 Å². The second-order valence-electron chi connectivity index (χ2n) is 8.70. The van der Waals surface area contributed by atoms with Crippen LogP contribution in [0.1, 0.15) is 13.3 Å². The van der Waals surface area contributed by atoms with Crippen LogP contribution in [0.2, 0.25) is 0 Å². The molecule has 0 unspecified atom stereocenters. The number of rotatable bonds is 5. The topological polar surface area (TPSA) is 122 Å². The van der Waals surface area contributed by atoms with Gasteiger partial charge in [0.05, 0.1) is 48.2 Å². The first-order chi connectivity index (χ1) is 17.0. The fourth-order valence-electron chi connectivity index (χ4n) is 4.56. The number of carbonyl (C=O) groups is 1. The predicted octanol–water partition coefficient (Wildman–Crippen LogP) is 2.24. The van der Waals surface area contributed by atoms with Crippen LogP contribution in [0.3, 0.4) is 0 Å².